The highest BCUT2D eigenvalue weighted by atomic mass is 35.5. The van der Waals surface area contributed by atoms with E-state index < -0.39 is 6.03 Å². The van der Waals surface area contributed by atoms with Crippen molar-refractivity contribution < 1.29 is 9.59 Å². The number of carbonyl (C=O) groups excluding carboxylic acids is 2. The van der Waals surface area contributed by atoms with Crippen LogP contribution in [0.1, 0.15) is 5.56 Å². The number of urea groups is 1. The Hall–Kier alpha value is -2.59. The van der Waals surface area contributed by atoms with E-state index in [1.54, 1.807) is 48.5 Å². The molecule has 3 amide bonds. The van der Waals surface area contributed by atoms with Gasteiger partial charge in [0, 0.05) is 5.02 Å². The van der Waals surface area contributed by atoms with Crippen LogP contribution in [0.3, 0.4) is 0 Å². The van der Waals surface area contributed by atoms with E-state index in [-0.39, 0.29) is 11.6 Å². The predicted molar refractivity (Wildman–Crippen MR) is 81.9 cm³/mol. The molecule has 0 bridgehead atoms. The molecule has 2 aromatic rings. The summed E-state index contributed by atoms with van der Waals surface area (Å²) in [6.07, 6.45) is 1.61. The maximum Gasteiger partial charge on any atom is 0.333 e. The first-order valence-electron chi connectivity index (χ1n) is 6.33. The number of halogens is 1. The van der Waals surface area contributed by atoms with E-state index in [0.717, 1.165) is 10.5 Å². The van der Waals surface area contributed by atoms with E-state index in [2.05, 4.69) is 5.32 Å². The smallest absolute Gasteiger partial charge is 0.302 e. The molecule has 3 rings (SSSR count). The summed E-state index contributed by atoms with van der Waals surface area (Å²) in [5.74, 6) is -0.383. The molecule has 0 spiro atoms. The summed E-state index contributed by atoms with van der Waals surface area (Å²) in [5.41, 5.74) is 1.52. The molecule has 0 aliphatic carbocycles. The number of anilines is 1. The normalized spacial score (nSPS) is 16.4. The van der Waals surface area contributed by atoms with Crippen molar-refractivity contribution in [2.75, 3.05) is 4.90 Å². The van der Waals surface area contributed by atoms with Gasteiger partial charge in [-0.2, -0.15) is 0 Å². The second kappa shape index (κ2) is 5.42. The van der Waals surface area contributed by atoms with Crippen molar-refractivity contribution >= 4 is 35.3 Å². The Labute approximate surface area is 126 Å². The minimum absolute atomic E-state index is 0.228. The van der Waals surface area contributed by atoms with Crippen molar-refractivity contribution in [2.45, 2.75) is 0 Å². The fourth-order valence-electron chi connectivity index (χ4n) is 2.11. The summed E-state index contributed by atoms with van der Waals surface area (Å²) < 4.78 is 0. The molecule has 1 saturated heterocycles. The molecular formula is C16H11ClN2O2. The van der Waals surface area contributed by atoms with Crippen molar-refractivity contribution in [3.8, 4) is 0 Å². The fourth-order valence-corrected chi connectivity index (χ4v) is 2.31. The lowest BCUT2D eigenvalue weighted by molar-refractivity contribution is -0.113. The van der Waals surface area contributed by atoms with Gasteiger partial charge in [-0.05, 0) is 35.9 Å². The number of carbonyl (C=O) groups is 2. The van der Waals surface area contributed by atoms with Gasteiger partial charge in [0.1, 0.15) is 5.70 Å². The minimum Gasteiger partial charge on any atom is -0.302 e. The number of hydrogen-bond acceptors (Lipinski definition) is 2. The SMILES string of the molecule is O=C1N/C(=C\c2cccc(Cl)c2)C(=O)N1c1ccccc1. The number of imide groups is 1. The molecular weight excluding hydrogens is 288 g/mol. The maximum absolute atomic E-state index is 12.3. The lowest BCUT2D eigenvalue weighted by Gasteiger charge is -2.10. The van der Waals surface area contributed by atoms with Crippen molar-refractivity contribution in [1.82, 2.24) is 5.32 Å². The molecule has 1 aliphatic heterocycles. The van der Waals surface area contributed by atoms with Gasteiger partial charge in [-0.3, -0.25) is 4.79 Å². The van der Waals surface area contributed by atoms with Gasteiger partial charge in [-0.15, -0.1) is 0 Å². The van der Waals surface area contributed by atoms with Gasteiger partial charge in [0.05, 0.1) is 5.69 Å². The molecule has 0 atom stereocenters. The summed E-state index contributed by atoms with van der Waals surface area (Å²) >= 11 is 5.91. The fraction of sp³-hybridized carbons (Fsp3) is 0. The number of rotatable bonds is 2. The molecule has 104 valence electrons. The number of hydrogen-bond donors (Lipinski definition) is 1. The second-order valence-electron chi connectivity index (χ2n) is 4.52. The Morgan fingerprint density at radius 3 is 2.48 bits per heavy atom. The molecule has 0 saturated carbocycles. The van der Waals surface area contributed by atoms with Crippen molar-refractivity contribution in [1.29, 1.82) is 0 Å². The van der Waals surface area contributed by atoms with Crippen LogP contribution in [0.25, 0.3) is 6.08 Å². The average molecular weight is 299 g/mol. The van der Waals surface area contributed by atoms with Crippen LogP contribution >= 0.6 is 11.6 Å². The Balaban J connectivity index is 1.94. The molecule has 1 N–H and O–H groups in total. The molecule has 0 radical (unpaired) electrons. The number of nitrogens with zero attached hydrogens (tertiary/aromatic N) is 1. The number of amides is 3. The molecule has 1 heterocycles. The highest BCUT2D eigenvalue weighted by molar-refractivity contribution is 6.31. The lowest BCUT2D eigenvalue weighted by Crippen LogP contribution is -2.30. The summed E-state index contributed by atoms with van der Waals surface area (Å²) in [5, 5.41) is 3.15. The molecule has 0 unspecified atom stereocenters. The zero-order chi connectivity index (χ0) is 14.8. The minimum atomic E-state index is -0.459. The van der Waals surface area contributed by atoms with Crippen LogP contribution < -0.4 is 10.2 Å². The summed E-state index contributed by atoms with van der Waals surface area (Å²) in [6, 6.07) is 15.4. The van der Waals surface area contributed by atoms with E-state index in [1.807, 2.05) is 12.1 Å². The average Bonchev–Trinajstić information content (AvgIpc) is 2.74. The third-order valence-electron chi connectivity index (χ3n) is 3.05. The van der Waals surface area contributed by atoms with Crippen LogP contribution in [0.2, 0.25) is 5.02 Å². The van der Waals surface area contributed by atoms with Gasteiger partial charge in [0.25, 0.3) is 5.91 Å². The van der Waals surface area contributed by atoms with E-state index >= 15 is 0 Å². The van der Waals surface area contributed by atoms with Gasteiger partial charge in [0.2, 0.25) is 0 Å². The third kappa shape index (κ3) is 2.66. The molecule has 4 nitrogen and oxygen atoms in total. The molecule has 1 aliphatic rings. The summed E-state index contributed by atoms with van der Waals surface area (Å²) in [7, 11) is 0. The molecule has 21 heavy (non-hydrogen) atoms. The molecule has 2 aromatic carbocycles. The predicted octanol–water partition coefficient (Wildman–Crippen LogP) is 3.44. The van der Waals surface area contributed by atoms with Gasteiger partial charge in [0.15, 0.2) is 0 Å². The topological polar surface area (TPSA) is 49.4 Å². The Morgan fingerprint density at radius 2 is 1.76 bits per heavy atom. The standard InChI is InChI=1S/C16H11ClN2O2/c17-12-6-4-5-11(9-12)10-14-15(20)19(16(21)18-14)13-7-2-1-3-8-13/h1-10H,(H,18,21)/b14-10-. The quantitative estimate of drug-likeness (QED) is 0.682. The highest BCUT2D eigenvalue weighted by Gasteiger charge is 2.34. The molecule has 0 aromatic heterocycles. The highest BCUT2D eigenvalue weighted by Crippen LogP contribution is 2.22. The van der Waals surface area contributed by atoms with E-state index in [4.69, 9.17) is 11.6 Å². The number of nitrogens with one attached hydrogen (secondary N) is 1. The van der Waals surface area contributed by atoms with Gasteiger partial charge < -0.3 is 5.32 Å². The molecule has 1 fully saturated rings. The van der Waals surface area contributed by atoms with Gasteiger partial charge in [-0.1, -0.05) is 41.9 Å². The van der Waals surface area contributed by atoms with E-state index in [0.29, 0.717) is 10.7 Å². The van der Waals surface area contributed by atoms with Crippen LogP contribution in [0.15, 0.2) is 60.3 Å². The van der Waals surface area contributed by atoms with Crippen LogP contribution in [0.4, 0.5) is 10.5 Å². The summed E-state index contributed by atoms with van der Waals surface area (Å²) in [4.78, 5) is 25.4. The molecule has 5 heteroatoms. The first kappa shape index (κ1) is 13.4. The van der Waals surface area contributed by atoms with Gasteiger partial charge >= 0.3 is 6.03 Å². The number of para-hydroxylation sites is 1. The van der Waals surface area contributed by atoms with E-state index in [1.165, 1.54) is 0 Å². The number of benzene rings is 2. The first-order chi connectivity index (χ1) is 10.1. The van der Waals surface area contributed by atoms with Gasteiger partial charge in [-0.25, -0.2) is 9.69 Å². The summed E-state index contributed by atoms with van der Waals surface area (Å²) in [6.45, 7) is 0. The Morgan fingerprint density at radius 1 is 1.00 bits per heavy atom. The second-order valence-corrected chi connectivity index (χ2v) is 4.96. The Bertz CT molecular complexity index is 741. The van der Waals surface area contributed by atoms with Crippen molar-refractivity contribution in [2.24, 2.45) is 0 Å². The lowest BCUT2D eigenvalue weighted by atomic mass is 10.2. The van der Waals surface area contributed by atoms with Crippen LogP contribution in [-0.4, -0.2) is 11.9 Å². The van der Waals surface area contributed by atoms with Crippen molar-refractivity contribution in [3.05, 3.63) is 70.9 Å². The van der Waals surface area contributed by atoms with Crippen molar-refractivity contribution in [3.63, 3.8) is 0 Å². The maximum atomic E-state index is 12.3. The largest absolute Gasteiger partial charge is 0.333 e. The monoisotopic (exact) mass is 298 g/mol. The van der Waals surface area contributed by atoms with E-state index in [9.17, 15) is 9.59 Å². The van der Waals surface area contributed by atoms with Crippen LogP contribution in [0.5, 0.6) is 0 Å². The van der Waals surface area contributed by atoms with Crippen LogP contribution in [0, 0.1) is 0 Å². The zero-order valence-electron chi connectivity index (χ0n) is 10.9. The zero-order valence-corrected chi connectivity index (χ0v) is 11.7. The first-order valence-corrected chi connectivity index (χ1v) is 6.71. The third-order valence-corrected chi connectivity index (χ3v) is 3.29. The Kier molecular flexibility index (Phi) is 3.46. The van der Waals surface area contributed by atoms with Crippen LogP contribution in [-0.2, 0) is 4.79 Å².